The van der Waals surface area contributed by atoms with Gasteiger partial charge in [0, 0.05) is 31.8 Å². The van der Waals surface area contributed by atoms with E-state index in [1.165, 1.54) is 0 Å². The van der Waals surface area contributed by atoms with Gasteiger partial charge in [0.25, 0.3) is 0 Å². The summed E-state index contributed by atoms with van der Waals surface area (Å²) in [6.45, 7) is 4.48. The van der Waals surface area contributed by atoms with Gasteiger partial charge in [-0.15, -0.1) is 0 Å². The zero-order valence-electron chi connectivity index (χ0n) is 8.85. The van der Waals surface area contributed by atoms with Gasteiger partial charge in [0.15, 0.2) is 0 Å². The average molecular weight is 207 g/mol. The van der Waals surface area contributed by atoms with Gasteiger partial charge in [0.05, 0.1) is 6.61 Å². The molecular formula is C12H17NO2. The van der Waals surface area contributed by atoms with Gasteiger partial charge < -0.3 is 9.84 Å². The Hall–Kier alpha value is -1.06. The molecule has 0 bridgehead atoms. The molecule has 0 spiro atoms. The van der Waals surface area contributed by atoms with Crippen LogP contribution in [0.1, 0.15) is 12.0 Å². The molecule has 1 fully saturated rings. The molecule has 0 saturated carbocycles. The summed E-state index contributed by atoms with van der Waals surface area (Å²) in [5.41, 5.74) is 0.999. The quantitative estimate of drug-likeness (QED) is 0.799. The summed E-state index contributed by atoms with van der Waals surface area (Å²) in [5.74, 6) is 0.391. The van der Waals surface area contributed by atoms with E-state index < -0.39 is 0 Å². The minimum atomic E-state index is 0.391. The van der Waals surface area contributed by atoms with Gasteiger partial charge in [0.1, 0.15) is 5.75 Å². The fourth-order valence-corrected chi connectivity index (χ4v) is 1.84. The molecule has 15 heavy (non-hydrogen) atoms. The van der Waals surface area contributed by atoms with Crippen LogP contribution in [0.15, 0.2) is 24.3 Å². The summed E-state index contributed by atoms with van der Waals surface area (Å²) >= 11 is 0. The van der Waals surface area contributed by atoms with Gasteiger partial charge in [0.2, 0.25) is 0 Å². The maximum absolute atomic E-state index is 9.65. The van der Waals surface area contributed by atoms with E-state index in [2.05, 4.69) is 4.90 Å². The smallest absolute Gasteiger partial charge is 0.120 e. The Kier molecular flexibility index (Phi) is 3.59. The van der Waals surface area contributed by atoms with Crippen LogP contribution < -0.4 is 0 Å². The zero-order chi connectivity index (χ0) is 10.5. The topological polar surface area (TPSA) is 32.7 Å². The number of phenols is 1. The predicted molar refractivity (Wildman–Crippen MR) is 58.8 cm³/mol. The second-order valence-corrected chi connectivity index (χ2v) is 3.87. The summed E-state index contributed by atoms with van der Waals surface area (Å²) in [5, 5.41) is 9.65. The first-order chi connectivity index (χ1) is 7.36. The second-order valence-electron chi connectivity index (χ2n) is 3.87. The van der Waals surface area contributed by atoms with Crippen LogP contribution in [-0.2, 0) is 11.3 Å². The molecule has 82 valence electrons. The van der Waals surface area contributed by atoms with E-state index in [0.717, 1.165) is 44.8 Å². The molecular weight excluding hydrogens is 190 g/mol. The van der Waals surface area contributed by atoms with Gasteiger partial charge in [-0.1, -0.05) is 18.2 Å². The molecule has 0 atom stereocenters. The Morgan fingerprint density at radius 3 is 2.93 bits per heavy atom. The summed E-state index contributed by atoms with van der Waals surface area (Å²) in [6.07, 6.45) is 1.08. The number of hydrogen-bond acceptors (Lipinski definition) is 3. The first kappa shape index (κ1) is 10.5. The van der Waals surface area contributed by atoms with Crippen LogP contribution in [0.4, 0.5) is 0 Å². The number of ether oxygens (including phenoxy) is 1. The van der Waals surface area contributed by atoms with Crippen molar-refractivity contribution in [2.45, 2.75) is 13.0 Å². The lowest BCUT2D eigenvalue weighted by atomic mass is 10.2. The van der Waals surface area contributed by atoms with E-state index in [1.54, 1.807) is 6.07 Å². The van der Waals surface area contributed by atoms with E-state index in [4.69, 9.17) is 4.74 Å². The highest BCUT2D eigenvalue weighted by Gasteiger charge is 2.10. The lowest BCUT2D eigenvalue weighted by Gasteiger charge is -2.19. The third-order valence-corrected chi connectivity index (χ3v) is 2.70. The Morgan fingerprint density at radius 2 is 2.07 bits per heavy atom. The number of para-hydroxylation sites is 1. The van der Waals surface area contributed by atoms with E-state index in [9.17, 15) is 5.11 Å². The minimum Gasteiger partial charge on any atom is -0.508 e. The molecule has 3 heteroatoms. The second kappa shape index (κ2) is 5.14. The summed E-state index contributed by atoms with van der Waals surface area (Å²) in [6, 6.07) is 7.53. The zero-order valence-corrected chi connectivity index (χ0v) is 8.85. The number of nitrogens with zero attached hydrogens (tertiary/aromatic N) is 1. The maximum atomic E-state index is 9.65. The van der Waals surface area contributed by atoms with Gasteiger partial charge in [-0.25, -0.2) is 0 Å². The summed E-state index contributed by atoms with van der Waals surface area (Å²) < 4.78 is 5.39. The highest BCUT2D eigenvalue weighted by molar-refractivity contribution is 5.31. The average Bonchev–Trinajstić information content (AvgIpc) is 2.50. The van der Waals surface area contributed by atoms with E-state index in [1.807, 2.05) is 18.2 Å². The number of phenolic OH excluding ortho intramolecular Hbond substituents is 1. The SMILES string of the molecule is Oc1ccccc1CN1CCCOCC1. The number of aromatic hydroxyl groups is 1. The monoisotopic (exact) mass is 207 g/mol. The van der Waals surface area contributed by atoms with Crippen molar-refractivity contribution >= 4 is 0 Å². The van der Waals surface area contributed by atoms with Crippen LogP contribution in [0.25, 0.3) is 0 Å². The Bertz CT molecular complexity index is 306. The van der Waals surface area contributed by atoms with Crippen molar-refractivity contribution in [1.29, 1.82) is 0 Å². The Labute approximate surface area is 90.3 Å². The molecule has 1 saturated heterocycles. The Balaban J connectivity index is 1.98. The third kappa shape index (κ3) is 2.94. The Morgan fingerprint density at radius 1 is 1.20 bits per heavy atom. The van der Waals surface area contributed by atoms with E-state index in [0.29, 0.717) is 5.75 Å². The summed E-state index contributed by atoms with van der Waals surface area (Å²) in [7, 11) is 0. The molecule has 0 aliphatic carbocycles. The van der Waals surface area contributed by atoms with Crippen molar-refractivity contribution in [3.63, 3.8) is 0 Å². The molecule has 1 aliphatic heterocycles. The van der Waals surface area contributed by atoms with Crippen molar-refractivity contribution in [2.24, 2.45) is 0 Å². The number of rotatable bonds is 2. The van der Waals surface area contributed by atoms with Crippen molar-refractivity contribution in [3.05, 3.63) is 29.8 Å². The van der Waals surface area contributed by atoms with Gasteiger partial charge in [-0.2, -0.15) is 0 Å². The van der Waals surface area contributed by atoms with Gasteiger partial charge in [-0.05, 0) is 12.5 Å². The predicted octanol–water partition coefficient (Wildman–Crippen LogP) is 1.61. The molecule has 1 N–H and O–H groups in total. The normalized spacial score (nSPS) is 18.7. The fourth-order valence-electron chi connectivity index (χ4n) is 1.84. The molecule has 2 rings (SSSR count). The molecule has 0 unspecified atom stereocenters. The molecule has 1 heterocycles. The van der Waals surface area contributed by atoms with Crippen molar-refractivity contribution < 1.29 is 9.84 Å². The first-order valence-corrected chi connectivity index (χ1v) is 5.43. The summed E-state index contributed by atoms with van der Waals surface area (Å²) in [4.78, 5) is 2.32. The van der Waals surface area contributed by atoms with Crippen LogP contribution in [0.2, 0.25) is 0 Å². The molecule has 3 nitrogen and oxygen atoms in total. The van der Waals surface area contributed by atoms with Crippen LogP contribution in [-0.4, -0.2) is 36.3 Å². The highest BCUT2D eigenvalue weighted by Crippen LogP contribution is 2.18. The van der Waals surface area contributed by atoms with E-state index >= 15 is 0 Å². The van der Waals surface area contributed by atoms with Gasteiger partial charge in [-0.3, -0.25) is 4.90 Å². The molecule has 0 amide bonds. The van der Waals surface area contributed by atoms with Crippen LogP contribution in [0, 0.1) is 0 Å². The standard InChI is InChI=1S/C12H17NO2/c14-12-5-2-1-4-11(12)10-13-6-3-8-15-9-7-13/h1-2,4-5,14H,3,6-10H2. The molecule has 1 aromatic carbocycles. The van der Waals surface area contributed by atoms with Crippen molar-refractivity contribution in [1.82, 2.24) is 4.90 Å². The molecule has 1 aliphatic rings. The molecule has 1 aromatic rings. The van der Waals surface area contributed by atoms with E-state index in [-0.39, 0.29) is 0 Å². The highest BCUT2D eigenvalue weighted by atomic mass is 16.5. The van der Waals surface area contributed by atoms with Crippen molar-refractivity contribution in [2.75, 3.05) is 26.3 Å². The molecule has 0 aromatic heterocycles. The largest absolute Gasteiger partial charge is 0.508 e. The minimum absolute atomic E-state index is 0.391. The lowest BCUT2D eigenvalue weighted by Crippen LogP contribution is -2.25. The van der Waals surface area contributed by atoms with Crippen LogP contribution >= 0.6 is 0 Å². The van der Waals surface area contributed by atoms with Crippen LogP contribution in [0.3, 0.4) is 0 Å². The molecule has 0 radical (unpaired) electrons. The van der Waals surface area contributed by atoms with Gasteiger partial charge >= 0.3 is 0 Å². The van der Waals surface area contributed by atoms with Crippen LogP contribution in [0.5, 0.6) is 5.75 Å². The maximum Gasteiger partial charge on any atom is 0.120 e. The first-order valence-electron chi connectivity index (χ1n) is 5.43. The number of hydrogen-bond donors (Lipinski definition) is 1. The third-order valence-electron chi connectivity index (χ3n) is 2.70. The number of benzene rings is 1. The van der Waals surface area contributed by atoms with Crippen molar-refractivity contribution in [3.8, 4) is 5.75 Å². The lowest BCUT2D eigenvalue weighted by molar-refractivity contribution is 0.140. The fraction of sp³-hybridized carbons (Fsp3) is 0.500.